The van der Waals surface area contributed by atoms with E-state index < -0.39 is 24.7 Å². The van der Waals surface area contributed by atoms with E-state index in [1.165, 1.54) is 42.5 Å². The summed E-state index contributed by atoms with van der Waals surface area (Å²) in [6.07, 6.45) is -2.26. The van der Waals surface area contributed by atoms with Crippen molar-refractivity contribution < 1.29 is 37.3 Å². The zero-order valence-corrected chi connectivity index (χ0v) is 18.9. The predicted octanol–water partition coefficient (Wildman–Crippen LogP) is 5.11. The molecule has 0 fully saturated rings. The van der Waals surface area contributed by atoms with Gasteiger partial charge in [0.05, 0.1) is 5.56 Å². The molecule has 0 aliphatic carbocycles. The van der Waals surface area contributed by atoms with Gasteiger partial charge in [-0.1, -0.05) is 12.1 Å². The van der Waals surface area contributed by atoms with Gasteiger partial charge in [0.1, 0.15) is 11.5 Å². The van der Waals surface area contributed by atoms with Gasteiger partial charge in [0.15, 0.2) is 6.61 Å². The number of rotatable bonds is 9. The first-order valence-corrected chi connectivity index (χ1v) is 10.7. The minimum Gasteiger partial charge on any atom is -0.484 e. The summed E-state index contributed by atoms with van der Waals surface area (Å²) >= 11 is 0. The average Bonchev–Trinajstić information content (AvgIpc) is 2.80. The van der Waals surface area contributed by atoms with Crippen LogP contribution in [-0.4, -0.2) is 29.8 Å². The Kier molecular flexibility index (Phi) is 8.21. The van der Waals surface area contributed by atoms with E-state index in [1.807, 2.05) is 0 Å². The number of nitrogen functional groups attached to an aromatic ring is 2. The molecule has 0 atom stereocenters. The molecule has 0 amide bonds. The lowest BCUT2D eigenvalue weighted by molar-refractivity contribution is -0.153. The number of alkyl halides is 3. The number of nitrogens with two attached hydrogens (primary N) is 2. The smallest absolute Gasteiger partial charge is 0.422 e. The van der Waals surface area contributed by atoms with Crippen LogP contribution in [0.1, 0.15) is 27.9 Å². The summed E-state index contributed by atoms with van der Waals surface area (Å²) in [4.78, 5) is 24.0. The van der Waals surface area contributed by atoms with E-state index in [-0.39, 0.29) is 29.1 Å². The molecule has 36 heavy (non-hydrogen) atoms. The SMILES string of the molecule is Nc1cc(N)cc(CC/C(=C\c2ccc(OC(=O)c3ccc(OCC(F)(F)F)cc3)cc2)C(=O)O)c1. The molecule has 0 saturated carbocycles. The van der Waals surface area contributed by atoms with Crippen molar-refractivity contribution in [2.24, 2.45) is 0 Å². The monoisotopic (exact) mass is 500 g/mol. The summed E-state index contributed by atoms with van der Waals surface area (Å²) in [5.74, 6) is -1.60. The minimum atomic E-state index is -4.46. The number of carbonyl (C=O) groups is 2. The van der Waals surface area contributed by atoms with E-state index in [1.54, 1.807) is 30.3 Å². The normalized spacial score (nSPS) is 11.7. The van der Waals surface area contributed by atoms with E-state index in [0.717, 1.165) is 5.56 Å². The molecule has 0 aliphatic heterocycles. The second-order valence-electron chi connectivity index (χ2n) is 7.87. The van der Waals surface area contributed by atoms with Gasteiger partial charge in [0.2, 0.25) is 0 Å². The summed E-state index contributed by atoms with van der Waals surface area (Å²) in [6.45, 7) is -1.43. The fraction of sp³-hybridized carbons (Fsp3) is 0.154. The molecule has 188 valence electrons. The summed E-state index contributed by atoms with van der Waals surface area (Å²) in [7, 11) is 0. The Balaban J connectivity index is 1.61. The number of carbonyl (C=O) groups excluding carboxylic acids is 1. The van der Waals surface area contributed by atoms with Crippen molar-refractivity contribution >= 4 is 29.4 Å². The highest BCUT2D eigenvalue weighted by Crippen LogP contribution is 2.22. The molecular weight excluding hydrogens is 477 g/mol. The fourth-order valence-corrected chi connectivity index (χ4v) is 3.26. The van der Waals surface area contributed by atoms with Gasteiger partial charge in [0.25, 0.3) is 0 Å². The number of carboxylic acid groups (broad SMARTS) is 1. The first-order chi connectivity index (χ1) is 17.0. The molecule has 0 unspecified atom stereocenters. The van der Waals surface area contributed by atoms with Crippen LogP contribution in [0.2, 0.25) is 0 Å². The van der Waals surface area contributed by atoms with E-state index in [2.05, 4.69) is 4.74 Å². The Bertz CT molecular complexity index is 1230. The van der Waals surface area contributed by atoms with Crippen molar-refractivity contribution in [2.75, 3.05) is 18.1 Å². The van der Waals surface area contributed by atoms with Crippen LogP contribution in [-0.2, 0) is 11.2 Å². The van der Waals surface area contributed by atoms with Crippen molar-refractivity contribution in [1.29, 1.82) is 0 Å². The number of carboxylic acids is 1. The number of hydrogen-bond donors (Lipinski definition) is 3. The van der Waals surface area contributed by atoms with Gasteiger partial charge in [-0.15, -0.1) is 0 Å². The van der Waals surface area contributed by atoms with E-state index in [0.29, 0.717) is 23.4 Å². The van der Waals surface area contributed by atoms with E-state index in [4.69, 9.17) is 16.2 Å². The number of halogens is 3. The first kappa shape index (κ1) is 26.1. The maximum atomic E-state index is 12.3. The Hall–Kier alpha value is -4.47. The first-order valence-electron chi connectivity index (χ1n) is 10.7. The lowest BCUT2D eigenvalue weighted by atomic mass is 10.0. The predicted molar refractivity (Wildman–Crippen MR) is 129 cm³/mol. The summed E-state index contributed by atoms with van der Waals surface area (Å²) < 4.78 is 46.5. The second kappa shape index (κ2) is 11.3. The molecule has 0 radical (unpaired) electrons. The molecule has 0 heterocycles. The van der Waals surface area contributed by atoms with Gasteiger partial charge < -0.3 is 26.0 Å². The third-order valence-corrected chi connectivity index (χ3v) is 4.92. The van der Waals surface area contributed by atoms with Crippen LogP contribution in [0.3, 0.4) is 0 Å². The number of hydrogen-bond acceptors (Lipinski definition) is 6. The zero-order chi connectivity index (χ0) is 26.3. The van der Waals surface area contributed by atoms with Crippen LogP contribution in [0.25, 0.3) is 6.08 Å². The Morgan fingerprint density at radius 3 is 2.03 bits per heavy atom. The number of aryl methyl sites for hydroxylation is 1. The maximum absolute atomic E-state index is 12.3. The molecule has 0 aromatic heterocycles. The van der Waals surface area contributed by atoms with Crippen LogP contribution in [0.4, 0.5) is 24.5 Å². The molecule has 5 N–H and O–H groups in total. The van der Waals surface area contributed by atoms with Crippen molar-refractivity contribution in [3.05, 3.63) is 89.0 Å². The third-order valence-electron chi connectivity index (χ3n) is 4.92. The molecule has 10 heteroatoms. The number of benzene rings is 3. The Labute approximate surface area is 204 Å². The quantitative estimate of drug-likeness (QED) is 0.161. The molecule has 7 nitrogen and oxygen atoms in total. The number of esters is 1. The van der Waals surface area contributed by atoms with E-state index in [9.17, 15) is 27.9 Å². The molecule has 3 aromatic carbocycles. The third kappa shape index (κ3) is 8.08. The standard InChI is InChI=1S/C26H23F3N2O5/c27-26(28,29)15-35-22-9-5-18(6-10-22)25(34)36-23-7-2-16(3-8-23)11-19(24(32)33)4-1-17-12-20(30)14-21(31)13-17/h2-3,5-14H,1,4,15,30-31H2,(H,32,33)/b19-11+. The van der Waals surface area contributed by atoms with Crippen LogP contribution < -0.4 is 20.9 Å². The molecule has 3 aromatic rings. The summed E-state index contributed by atoms with van der Waals surface area (Å²) in [5, 5.41) is 9.56. The largest absolute Gasteiger partial charge is 0.484 e. The van der Waals surface area contributed by atoms with Crippen LogP contribution in [0.15, 0.2) is 72.3 Å². The summed E-state index contributed by atoms with van der Waals surface area (Å²) in [5.41, 5.74) is 14.3. The summed E-state index contributed by atoms with van der Waals surface area (Å²) in [6, 6.07) is 16.3. The van der Waals surface area contributed by atoms with E-state index >= 15 is 0 Å². The van der Waals surface area contributed by atoms with Crippen molar-refractivity contribution in [1.82, 2.24) is 0 Å². The van der Waals surface area contributed by atoms with Crippen LogP contribution in [0, 0.1) is 0 Å². The average molecular weight is 500 g/mol. The van der Waals surface area contributed by atoms with Gasteiger partial charge >= 0.3 is 18.1 Å². The fourth-order valence-electron chi connectivity index (χ4n) is 3.26. The van der Waals surface area contributed by atoms with Gasteiger partial charge in [-0.2, -0.15) is 13.2 Å². The topological polar surface area (TPSA) is 125 Å². The Morgan fingerprint density at radius 2 is 1.47 bits per heavy atom. The Morgan fingerprint density at radius 1 is 0.889 bits per heavy atom. The van der Waals surface area contributed by atoms with Crippen molar-refractivity contribution in [2.45, 2.75) is 19.0 Å². The van der Waals surface area contributed by atoms with Crippen molar-refractivity contribution in [3.8, 4) is 11.5 Å². The molecule has 0 spiro atoms. The molecule has 3 rings (SSSR count). The maximum Gasteiger partial charge on any atom is 0.422 e. The molecule has 0 aliphatic rings. The molecule has 0 saturated heterocycles. The molecule has 0 bridgehead atoms. The zero-order valence-electron chi connectivity index (χ0n) is 18.9. The highest BCUT2D eigenvalue weighted by molar-refractivity contribution is 5.92. The van der Waals surface area contributed by atoms with Gasteiger partial charge in [-0.05, 0) is 84.6 Å². The second-order valence-corrected chi connectivity index (χ2v) is 7.87. The number of aliphatic carboxylic acids is 1. The van der Waals surface area contributed by atoms with Crippen molar-refractivity contribution in [3.63, 3.8) is 0 Å². The van der Waals surface area contributed by atoms with Gasteiger partial charge in [-0.25, -0.2) is 9.59 Å². The van der Waals surface area contributed by atoms with Crippen LogP contribution >= 0.6 is 0 Å². The highest BCUT2D eigenvalue weighted by Gasteiger charge is 2.28. The molecular formula is C26H23F3N2O5. The number of anilines is 2. The minimum absolute atomic E-state index is 0.0338. The van der Waals surface area contributed by atoms with Gasteiger partial charge in [-0.3, -0.25) is 0 Å². The van der Waals surface area contributed by atoms with Gasteiger partial charge in [0, 0.05) is 16.9 Å². The lowest BCUT2D eigenvalue weighted by Gasteiger charge is -2.09. The highest BCUT2D eigenvalue weighted by atomic mass is 19.4. The lowest BCUT2D eigenvalue weighted by Crippen LogP contribution is -2.19. The number of ether oxygens (including phenoxy) is 2. The van der Waals surface area contributed by atoms with Crippen LogP contribution in [0.5, 0.6) is 11.5 Å².